The second-order valence-electron chi connectivity index (χ2n) is 18.1. The number of esters is 2. The predicted octanol–water partition coefficient (Wildman–Crippen LogP) is 12.8. The van der Waals surface area contributed by atoms with Crippen LogP contribution in [-0.2, 0) is 28.2 Å². The van der Waals surface area contributed by atoms with E-state index in [-0.39, 0.29) is 36.9 Å². The van der Waals surface area contributed by atoms with Gasteiger partial charge in [-0.3, -0.25) is 9.59 Å². The minimum Gasteiger partial charge on any atom is -0.774 e. The van der Waals surface area contributed by atoms with Gasteiger partial charge in [-0.15, -0.1) is 0 Å². The molecule has 0 bridgehead atoms. The van der Waals surface area contributed by atoms with Crippen LogP contribution in [0.15, 0.2) is 24.3 Å². The second-order valence-corrected chi connectivity index (χ2v) is 20.2. The van der Waals surface area contributed by atoms with Crippen molar-refractivity contribution in [2.24, 2.45) is 0 Å². The molecule has 0 aromatic rings. The predicted molar refractivity (Wildman–Crippen MR) is 251 cm³/mol. The quantitative estimate of drug-likeness (QED) is 0.0153. The number of quaternary nitrogens is 1. The number of aliphatic hydroxyl groups is 2. The molecule has 2 unspecified atom stereocenters. The lowest BCUT2D eigenvalue weighted by atomic mass is 10.0. The van der Waals surface area contributed by atoms with E-state index < -0.39 is 44.3 Å². The normalized spacial score (nSPS) is 14.2. The Morgan fingerprint density at radius 3 is 1.38 bits per heavy atom. The summed E-state index contributed by atoms with van der Waals surface area (Å²) in [6.07, 6.45) is 42.8. The number of carbonyl (C=O) groups is 2. The van der Waals surface area contributed by atoms with E-state index in [1.165, 1.54) is 135 Å². The fourth-order valence-corrected chi connectivity index (χ4v) is 8.79. The molecule has 0 amide bonds. The Labute approximate surface area is 375 Å². The van der Waals surface area contributed by atoms with Crippen LogP contribution in [0.3, 0.4) is 0 Å². The molecule has 0 aromatic heterocycles. The highest BCUT2D eigenvalue weighted by Gasteiger charge is 2.35. The highest BCUT2D eigenvalue weighted by molar-refractivity contribution is 7.51. The minimum absolute atomic E-state index is 0.00214. The number of aliphatic hydroxyl groups excluding tert-OH is 1. The lowest BCUT2D eigenvalue weighted by molar-refractivity contribution is -0.902. The molecule has 0 spiro atoms. The summed E-state index contributed by atoms with van der Waals surface area (Å²) in [6, 6.07) is 0. The average molecular weight is 886 g/mol. The summed E-state index contributed by atoms with van der Waals surface area (Å²) < 4.78 is 29.6. The molecule has 360 valence electrons. The first kappa shape index (κ1) is 59.5. The SMILES string of the molecule is CCCCC/C=C\CCCC/C=C\CCCCCCCCC(=O)O[C@H](COC(=O)CCCCCCCCCCCCCCCCC)COP(=O)([O-])C(C)[N+](C)(C)CCC(O)O. The van der Waals surface area contributed by atoms with E-state index in [1.807, 2.05) is 0 Å². The number of ether oxygens (including phenoxy) is 2. The summed E-state index contributed by atoms with van der Waals surface area (Å²) in [6.45, 7) is 5.45. The van der Waals surface area contributed by atoms with Gasteiger partial charge in [0.1, 0.15) is 12.4 Å². The summed E-state index contributed by atoms with van der Waals surface area (Å²) in [7, 11) is -1.14. The van der Waals surface area contributed by atoms with Crippen molar-refractivity contribution in [2.75, 3.05) is 33.9 Å². The van der Waals surface area contributed by atoms with Gasteiger partial charge < -0.3 is 38.2 Å². The molecule has 0 rings (SSSR count). The lowest BCUT2D eigenvalue weighted by Gasteiger charge is -2.42. The molecule has 61 heavy (non-hydrogen) atoms. The van der Waals surface area contributed by atoms with Crippen LogP contribution in [0.5, 0.6) is 0 Å². The maximum absolute atomic E-state index is 13.2. The minimum atomic E-state index is -4.49. The van der Waals surface area contributed by atoms with Gasteiger partial charge in [0, 0.05) is 19.3 Å². The average Bonchev–Trinajstić information content (AvgIpc) is 3.23. The fraction of sp³-hybridized carbons (Fsp3) is 0.880. The Kier molecular flexibility index (Phi) is 40.1. The molecule has 0 aromatic carbocycles. The molecule has 0 radical (unpaired) electrons. The van der Waals surface area contributed by atoms with Gasteiger partial charge in [0.15, 0.2) is 20.0 Å². The van der Waals surface area contributed by atoms with Crippen molar-refractivity contribution in [1.82, 2.24) is 0 Å². The van der Waals surface area contributed by atoms with Crippen LogP contribution < -0.4 is 4.89 Å². The topological polar surface area (TPSA) is 142 Å². The van der Waals surface area contributed by atoms with E-state index in [2.05, 4.69) is 38.2 Å². The molecule has 0 saturated heterocycles. The molecular formula is C50H96NO9P. The second kappa shape index (κ2) is 41.2. The zero-order valence-electron chi connectivity index (χ0n) is 40.1. The van der Waals surface area contributed by atoms with Gasteiger partial charge in [-0.05, 0) is 71.1 Å². The lowest BCUT2D eigenvalue weighted by Crippen LogP contribution is -2.50. The summed E-state index contributed by atoms with van der Waals surface area (Å²) >= 11 is 0. The fourth-order valence-electron chi connectivity index (χ4n) is 7.32. The van der Waals surface area contributed by atoms with Gasteiger partial charge in [0.2, 0.25) is 0 Å². The summed E-state index contributed by atoms with van der Waals surface area (Å²) in [5.74, 6) is -1.88. The maximum atomic E-state index is 13.2. The van der Waals surface area contributed by atoms with E-state index in [1.54, 1.807) is 14.1 Å². The van der Waals surface area contributed by atoms with Gasteiger partial charge >= 0.3 is 11.9 Å². The van der Waals surface area contributed by atoms with Crippen molar-refractivity contribution in [3.8, 4) is 0 Å². The van der Waals surface area contributed by atoms with E-state index in [0.29, 0.717) is 6.42 Å². The molecule has 3 atom stereocenters. The third-order valence-corrected chi connectivity index (χ3v) is 13.9. The van der Waals surface area contributed by atoms with Crippen molar-refractivity contribution in [2.45, 2.75) is 251 Å². The molecule has 0 saturated carbocycles. The summed E-state index contributed by atoms with van der Waals surface area (Å²) in [5, 5.41) is 18.6. The number of nitrogens with zero attached hydrogens (tertiary/aromatic N) is 1. The molecule has 0 fully saturated rings. The molecule has 0 heterocycles. The zero-order chi connectivity index (χ0) is 45.3. The highest BCUT2D eigenvalue weighted by atomic mass is 31.2. The largest absolute Gasteiger partial charge is 0.774 e. The van der Waals surface area contributed by atoms with Crippen LogP contribution in [0.4, 0.5) is 0 Å². The maximum Gasteiger partial charge on any atom is 0.306 e. The number of hydrogen-bond acceptors (Lipinski definition) is 9. The van der Waals surface area contributed by atoms with Gasteiger partial charge in [-0.25, -0.2) is 0 Å². The Balaban J connectivity index is 4.54. The Morgan fingerprint density at radius 1 is 0.574 bits per heavy atom. The Hall–Kier alpha value is -1.55. The molecule has 10 nitrogen and oxygen atoms in total. The first-order valence-electron chi connectivity index (χ1n) is 25.1. The molecular weight excluding hydrogens is 790 g/mol. The molecule has 11 heteroatoms. The standard InChI is InChI=1S/C50H96NO9P/c1-6-8-10-12-14-16-18-20-22-23-24-25-27-29-31-33-35-37-39-41-50(55)60-47(45-59-61(56,57)46(3)51(4,5)43-42-48(52)53)44-58-49(54)40-38-36-34-32-30-28-26-21-19-17-15-13-11-9-7-2/h14,16,24-25,46-48,52-53H,6-13,15,17-23,26-45H2,1-5H3/b16-14-,25-24-/t46?,47-/m1/s1. The van der Waals surface area contributed by atoms with Crippen LogP contribution >= 0.6 is 7.60 Å². The van der Waals surface area contributed by atoms with Gasteiger partial charge in [0.05, 0.1) is 27.2 Å². The summed E-state index contributed by atoms with van der Waals surface area (Å²) in [4.78, 5) is 38.7. The molecule has 2 N–H and O–H groups in total. The number of carbonyl (C=O) groups excluding carboxylic acids is 2. The van der Waals surface area contributed by atoms with Crippen molar-refractivity contribution in [3.05, 3.63) is 24.3 Å². The number of rotatable bonds is 45. The van der Waals surface area contributed by atoms with Crippen LogP contribution in [0.2, 0.25) is 0 Å². The van der Waals surface area contributed by atoms with Crippen molar-refractivity contribution in [3.63, 3.8) is 0 Å². The van der Waals surface area contributed by atoms with E-state index in [4.69, 9.17) is 14.0 Å². The van der Waals surface area contributed by atoms with Gasteiger partial charge in [-0.2, -0.15) is 0 Å². The molecule has 0 aliphatic carbocycles. The van der Waals surface area contributed by atoms with Crippen LogP contribution in [0.25, 0.3) is 0 Å². The Bertz CT molecular complexity index is 1130. The monoisotopic (exact) mass is 886 g/mol. The first-order chi connectivity index (χ1) is 29.4. The number of allylic oxidation sites excluding steroid dienone is 4. The van der Waals surface area contributed by atoms with E-state index >= 15 is 0 Å². The van der Waals surface area contributed by atoms with Crippen LogP contribution in [0.1, 0.15) is 233 Å². The highest BCUT2D eigenvalue weighted by Crippen LogP contribution is 2.46. The zero-order valence-corrected chi connectivity index (χ0v) is 41.0. The molecule has 0 aliphatic rings. The summed E-state index contributed by atoms with van der Waals surface area (Å²) in [5.41, 5.74) is 0. The van der Waals surface area contributed by atoms with Crippen molar-refractivity contribution >= 4 is 19.5 Å². The smallest absolute Gasteiger partial charge is 0.306 e. The third-order valence-electron chi connectivity index (χ3n) is 11.9. The van der Waals surface area contributed by atoms with Crippen LogP contribution in [-0.4, -0.2) is 78.7 Å². The van der Waals surface area contributed by atoms with Crippen molar-refractivity contribution < 1.29 is 47.7 Å². The Morgan fingerprint density at radius 2 is 0.934 bits per heavy atom. The third kappa shape index (κ3) is 38.6. The van der Waals surface area contributed by atoms with Crippen LogP contribution in [0, 0.1) is 0 Å². The number of hydrogen-bond donors (Lipinski definition) is 2. The first-order valence-corrected chi connectivity index (χ1v) is 26.8. The van der Waals surface area contributed by atoms with Crippen molar-refractivity contribution in [1.29, 1.82) is 0 Å². The van der Waals surface area contributed by atoms with Gasteiger partial charge in [-0.1, -0.05) is 167 Å². The number of unbranched alkanes of at least 4 members (excludes halogenated alkanes) is 26. The van der Waals surface area contributed by atoms with Gasteiger partial charge in [0.25, 0.3) is 0 Å². The molecule has 0 aliphatic heterocycles. The van der Waals surface area contributed by atoms with E-state index in [9.17, 15) is 29.3 Å². The van der Waals surface area contributed by atoms with E-state index in [0.717, 1.165) is 57.8 Å².